The van der Waals surface area contributed by atoms with Gasteiger partial charge in [0.2, 0.25) is 0 Å². The first-order chi connectivity index (χ1) is 19.8. The maximum Gasteiger partial charge on any atom is 0.310 e. The summed E-state index contributed by atoms with van der Waals surface area (Å²) in [6.07, 6.45) is 11.7. The molecular formula is C31H44N4O4S2. The number of esters is 1. The van der Waals surface area contributed by atoms with Crippen LogP contribution in [0.4, 0.5) is 5.82 Å². The number of nitrogens with zero attached hydrogens (tertiary/aromatic N) is 4. The van der Waals surface area contributed by atoms with Crippen molar-refractivity contribution >= 4 is 52.1 Å². The number of anilines is 1. The number of aromatic nitrogens is 1. The Labute approximate surface area is 254 Å². The zero-order chi connectivity index (χ0) is 29.9. The monoisotopic (exact) mass is 600 g/mol. The highest BCUT2D eigenvalue weighted by Gasteiger charge is 2.34. The average molecular weight is 601 g/mol. The number of thioether (sulfide) groups is 1. The first-order valence-electron chi connectivity index (χ1n) is 15.1. The van der Waals surface area contributed by atoms with Crippen LogP contribution in [-0.2, 0) is 20.9 Å². The third-order valence-electron chi connectivity index (χ3n) is 7.81. The van der Waals surface area contributed by atoms with Gasteiger partial charge in [-0.15, -0.1) is 0 Å². The zero-order valence-corrected chi connectivity index (χ0v) is 26.6. The molecule has 2 fully saturated rings. The number of carbonyl (C=O) groups is 2. The Balaban J connectivity index is 2.02. The quantitative estimate of drug-likeness (QED) is 0.108. The van der Waals surface area contributed by atoms with Crippen molar-refractivity contribution in [1.29, 1.82) is 5.26 Å². The van der Waals surface area contributed by atoms with Crippen LogP contribution in [0.25, 0.3) is 6.08 Å². The second kappa shape index (κ2) is 16.1. The number of unbranched alkanes of at least 4 members (excludes halogenated alkanes) is 6. The van der Waals surface area contributed by atoms with Gasteiger partial charge in [-0.25, -0.2) is 0 Å². The lowest BCUT2D eigenvalue weighted by Gasteiger charge is -2.36. The summed E-state index contributed by atoms with van der Waals surface area (Å²) in [6.45, 7) is 10.2. The van der Waals surface area contributed by atoms with E-state index >= 15 is 0 Å². The normalized spacial score (nSPS) is 18.3. The Morgan fingerprint density at radius 1 is 1.10 bits per heavy atom. The molecule has 1 amide bonds. The number of nitriles is 1. The van der Waals surface area contributed by atoms with Gasteiger partial charge in [-0.05, 0) is 51.2 Å². The number of pyridine rings is 1. The van der Waals surface area contributed by atoms with E-state index in [2.05, 4.69) is 24.8 Å². The summed E-state index contributed by atoms with van der Waals surface area (Å²) in [6, 6.07) is 2.11. The number of ether oxygens (including phenoxy) is 1. The van der Waals surface area contributed by atoms with Crippen LogP contribution in [0.2, 0.25) is 0 Å². The van der Waals surface area contributed by atoms with Gasteiger partial charge in [0, 0.05) is 31.7 Å². The molecule has 41 heavy (non-hydrogen) atoms. The molecule has 224 valence electrons. The predicted molar refractivity (Wildman–Crippen MR) is 170 cm³/mol. The summed E-state index contributed by atoms with van der Waals surface area (Å²) in [4.78, 5) is 44.0. The second-order valence-electron chi connectivity index (χ2n) is 10.8. The van der Waals surface area contributed by atoms with Crippen LogP contribution in [0, 0.1) is 24.2 Å². The summed E-state index contributed by atoms with van der Waals surface area (Å²) in [5.41, 5.74) is 0.957. The van der Waals surface area contributed by atoms with Crippen molar-refractivity contribution in [2.45, 2.75) is 98.4 Å². The number of carbonyl (C=O) groups excluding carboxylic acids is 2. The van der Waals surface area contributed by atoms with Gasteiger partial charge in [0.05, 0.1) is 17.4 Å². The standard InChI is InChI=1S/C31H44N4O4S2/c1-5-8-10-11-12-13-18-35-29(37)26(41-31(35)40)19-24-22(4)25(20-32)28(36)34(17-9-6-2)27(24)33-16-14-15-23(21-33)30(38)39-7-3/h19,23H,5-18,21H2,1-4H3/b26-19-. The molecule has 0 saturated carbocycles. The predicted octanol–water partition coefficient (Wildman–Crippen LogP) is 6.17. The SMILES string of the molecule is CCCCCCCCN1C(=O)/C(=C/c2c(C)c(C#N)c(=O)n(CCCC)c2N2CCCC(C(=O)OCC)C2)SC1=S. The van der Waals surface area contributed by atoms with Crippen molar-refractivity contribution in [1.82, 2.24) is 9.47 Å². The molecule has 1 aromatic rings. The summed E-state index contributed by atoms with van der Waals surface area (Å²) >= 11 is 6.87. The van der Waals surface area contributed by atoms with Crippen LogP contribution in [-0.4, -0.2) is 51.9 Å². The Morgan fingerprint density at radius 3 is 2.49 bits per heavy atom. The van der Waals surface area contributed by atoms with Crippen molar-refractivity contribution in [2.75, 3.05) is 31.1 Å². The lowest BCUT2D eigenvalue weighted by molar-refractivity contribution is -0.148. The van der Waals surface area contributed by atoms with Gasteiger partial charge >= 0.3 is 5.97 Å². The van der Waals surface area contributed by atoms with Crippen LogP contribution >= 0.6 is 24.0 Å². The summed E-state index contributed by atoms with van der Waals surface area (Å²) in [5, 5.41) is 9.96. The molecule has 3 heterocycles. The van der Waals surface area contributed by atoms with E-state index in [4.69, 9.17) is 17.0 Å². The van der Waals surface area contributed by atoms with Crippen LogP contribution in [0.1, 0.15) is 102 Å². The topological polar surface area (TPSA) is 95.6 Å². The van der Waals surface area contributed by atoms with Crippen LogP contribution < -0.4 is 10.5 Å². The maximum absolute atomic E-state index is 13.6. The lowest BCUT2D eigenvalue weighted by atomic mass is 9.96. The van der Waals surface area contributed by atoms with Gasteiger partial charge in [-0.2, -0.15) is 5.26 Å². The van der Waals surface area contributed by atoms with Gasteiger partial charge in [0.25, 0.3) is 11.5 Å². The molecule has 0 radical (unpaired) electrons. The van der Waals surface area contributed by atoms with E-state index in [0.717, 1.165) is 44.9 Å². The molecule has 1 unspecified atom stereocenters. The van der Waals surface area contributed by atoms with Gasteiger partial charge in [0.15, 0.2) is 0 Å². The third kappa shape index (κ3) is 8.01. The van der Waals surface area contributed by atoms with Crippen LogP contribution in [0.5, 0.6) is 0 Å². The fourth-order valence-electron chi connectivity index (χ4n) is 5.50. The minimum Gasteiger partial charge on any atom is -0.466 e. The highest BCUT2D eigenvalue weighted by molar-refractivity contribution is 8.26. The number of thiocarbonyl (C=S) groups is 1. The van der Waals surface area contributed by atoms with Crippen molar-refractivity contribution in [3.05, 3.63) is 31.9 Å². The highest BCUT2D eigenvalue weighted by atomic mass is 32.2. The molecule has 3 rings (SSSR count). The maximum atomic E-state index is 13.6. The van der Waals surface area contributed by atoms with Crippen LogP contribution in [0.3, 0.4) is 0 Å². The molecule has 2 saturated heterocycles. The van der Waals surface area contributed by atoms with Gasteiger partial charge in [-0.3, -0.25) is 23.9 Å². The minimum absolute atomic E-state index is 0.0811. The first-order valence-corrected chi connectivity index (χ1v) is 16.4. The molecule has 10 heteroatoms. The molecule has 2 aliphatic heterocycles. The largest absolute Gasteiger partial charge is 0.466 e. The van der Waals surface area contributed by atoms with Crippen molar-refractivity contribution < 1.29 is 14.3 Å². The first kappa shape index (κ1) is 32.9. The fraction of sp³-hybridized carbons (Fsp3) is 0.645. The number of amides is 1. The molecule has 8 nitrogen and oxygen atoms in total. The fourth-order valence-corrected chi connectivity index (χ4v) is 6.79. The van der Waals surface area contributed by atoms with Gasteiger partial charge < -0.3 is 9.64 Å². The van der Waals surface area contributed by atoms with E-state index in [1.54, 1.807) is 23.3 Å². The molecule has 0 aromatic carbocycles. The smallest absolute Gasteiger partial charge is 0.310 e. The van der Waals surface area contributed by atoms with E-state index in [-0.39, 0.29) is 28.9 Å². The molecular weight excluding hydrogens is 556 g/mol. The lowest BCUT2D eigenvalue weighted by Crippen LogP contribution is -2.43. The van der Waals surface area contributed by atoms with E-state index < -0.39 is 0 Å². The average Bonchev–Trinajstić information content (AvgIpc) is 3.23. The molecule has 0 bridgehead atoms. The summed E-state index contributed by atoms with van der Waals surface area (Å²) < 4.78 is 7.53. The Morgan fingerprint density at radius 2 is 1.80 bits per heavy atom. The molecule has 0 aliphatic carbocycles. The Hall–Kier alpha value is -2.64. The number of piperidine rings is 1. The van der Waals surface area contributed by atoms with Crippen molar-refractivity contribution in [3.63, 3.8) is 0 Å². The number of hydrogen-bond donors (Lipinski definition) is 0. The molecule has 0 N–H and O–H groups in total. The van der Waals surface area contributed by atoms with E-state index in [0.29, 0.717) is 59.0 Å². The van der Waals surface area contributed by atoms with Crippen LogP contribution in [0.15, 0.2) is 9.70 Å². The van der Waals surface area contributed by atoms with Crippen molar-refractivity contribution in [2.24, 2.45) is 5.92 Å². The minimum atomic E-state index is -0.334. The summed E-state index contributed by atoms with van der Waals surface area (Å²) in [5.74, 6) is -0.0122. The Bertz CT molecular complexity index is 1250. The van der Waals surface area contributed by atoms with E-state index in [1.807, 2.05) is 6.08 Å². The Kier molecular flexibility index (Phi) is 12.9. The van der Waals surface area contributed by atoms with E-state index in [1.165, 1.54) is 31.0 Å². The van der Waals surface area contributed by atoms with Gasteiger partial charge in [-0.1, -0.05) is 76.4 Å². The number of hydrogen-bond acceptors (Lipinski definition) is 8. The third-order valence-corrected chi connectivity index (χ3v) is 9.18. The number of rotatable bonds is 14. The second-order valence-corrected chi connectivity index (χ2v) is 12.5. The van der Waals surface area contributed by atoms with Crippen molar-refractivity contribution in [3.8, 4) is 6.07 Å². The molecule has 2 aliphatic rings. The van der Waals surface area contributed by atoms with E-state index in [9.17, 15) is 19.6 Å². The molecule has 1 atom stereocenters. The zero-order valence-electron chi connectivity index (χ0n) is 25.0. The highest BCUT2D eigenvalue weighted by Crippen LogP contribution is 2.37. The summed E-state index contributed by atoms with van der Waals surface area (Å²) in [7, 11) is 0. The molecule has 1 aromatic heterocycles. The molecule has 0 spiro atoms. The van der Waals surface area contributed by atoms with Gasteiger partial charge in [0.1, 0.15) is 21.8 Å².